The molecule has 0 aliphatic carbocycles. The van der Waals surface area contributed by atoms with Crippen LogP contribution in [0.1, 0.15) is 5.56 Å². The Balaban J connectivity index is 2.22. The molecule has 86 valence electrons. The van der Waals surface area contributed by atoms with Crippen LogP contribution in [0.2, 0.25) is 0 Å². The lowest BCUT2D eigenvalue weighted by atomic mass is 10.2. The molecular weight excluding hydrogens is 232 g/mol. The van der Waals surface area contributed by atoms with Crippen LogP contribution in [0.15, 0.2) is 35.7 Å². The van der Waals surface area contributed by atoms with Crippen molar-refractivity contribution < 1.29 is 5.11 Å². The van der Waals surface area contributed by atoms with Crippen molar-refractivity contribution >= 4 is 22.2 Å². The molecule has 0 saturated heterocycles. The van der Waals surface area contributed by atoms with Gasteiger partial charge in [-0.05, 0) is 29.1 Å². The van der Waals surface area contributed by atoms with Gasteiger partial charge in [0.15, 0.2) is 0 Å². The Morgan fingerprint density at radius 3 is 2.94 bits per heavy atom. The van der Waals surface area contributed by atoms with Crippen molar-refractivity contribution in [3.63, 3.8) is 0 Å². The van der Waals surface area contributed by atoms with Gasteiger partial charge in [0.1, 0.15) is 5.75 Å². The maximum Gasteiger partial charge on any atom is 0.139 e. The lowest BCUT2D eigenvalue weighted by Gasteiger charge is -1.97. The van der Waals surface area contributed by atoms with E-state index in [-0.39, 0.29) is 5.75 Å². The summed E-state index contributed by atoms with van der Waals surface area (Å²) in [5.41, 5.74) is 8.61. The van der Waals surface area contributed by atoms with Crippen LogP contribution in [0.5, 0.6) is 5.75 Å². The van der Waals surface area contributed by atoms with Gasteiger partial charge in [0.2, 0.25) is 0 Å². The first-order valence-electron chi connectivity index (χ1n) is 5.37. The number of aromatic hydroxyl groups is 1. The van der Waals surface area contributed by atoms with Gasteiger partial charge < -0.3 is 15.8 Å². The molecule has 0 radical (unpaired) electrons. The fourth-order valence-corrected chi connectivity index (χ4v) is 2.90. The van der Waals surface area contributed by atoms with Crippen LogP contribution in [0, 0.1) is 0 Å². The summed E-state index contributed by atoms with van der Waals surface area (Å²) in [4.78, 5) is 4.39. The minimum absolute atomic E-state index is 0.277. The molecule has 17 heavy (non-hydrogen) atoms. The molecule has 0 fully saturated rings. The van der Waals surface area contributed by atoms with Crippen molar-refractivity contribution in [1.29, 1.82) is 0 Å². The van der Waals surface area contributed by atoms with Crippen LogP contribution < -0.4 is 5.73 Å². The molecule has 3 aromatic rings. The van der Waals surface area contributed by atoms with Crippen molar-refractivity contribution in [2.45, 2.75) is 6.54 Å². The smallest absolute Gasteiger partial charge is 0.139 e. The monoisotopic (exact) mass is 244 g/mol. The number of phenols is 1. The molecule has 0 aliphatic rings. The van der Waals surface area contributed by atoms with Crippen molar-refractivity contribution in [3.05, 3.63) is 41.3 Å². The Labute approximate surface area is 103 Å². The number of hydrogen-bond acceptors (Lipinski definition) is 3. The van der Waals surface area contributed by atoms with Gasteiger partial charge in [-0.2, -0.15) is 0 Å². The second-order valence-electron chi connectivity index (χ2n) is 3.90. The third-order valence-corrected chi connectivity index (χ3v) is 3.84. The zero-order valence-electron chi connectivity index (χ0n) is 9.10. The molecule has 2 aromatic heterocycles. The summed E-state index contributed by atoms with van der Waals surface area (Å²) in [6.45, 7) is 0.528. The third-order valence-electron chi connectivity index (χ3n) is 2.85. The second kappa shape index (κ2) is 3.91. The van der Waals surface area contributed by atoms with E-state index in [2.05, 4.69) is 4.98 Å². The average molecular weight is 244 g/mol. The summed E-state index contributed by atoms with van der Waals surface area (Å²) >= 11 is 1.66. The highest BCUT2D eigenvalue weighted by atomic mass is 32.1. The highest BCUT2D eigenvalue weighted by Crippen LogP contribution is 2.33. The van der Waals surface area contributed by atoms with Crippen LogP contribution >= 0.6 is 11.3 Å². The number of phenolic OH excluding ortho intramolecular Hbond substituents is 1. The zero-order valence-corrected chi connectivity index (χ0v) is 9.92. The van der Waals surface area contributed by atoms with E-state index in [0.717, 1.165) is 27.0 Å². The summed E-state index contributed by atoms with van der Waals surface area (Å²) in [7, 11) is 0. The van der Waals surface area contributed by atoms with E-state index in [4.69, 9.17) is 5.73 Å². The molecule has 0 aliphatic heterocycles. The van der Waals surface area contributed by atoms with Crippen LogP contribution in [-0.4, -0.2) is 10.1 Å². The van der Waals surface area contributed by atoms with Crippen molar-refractivity contribution in [1.82, 2.24) is 4.98 Å². The van der Waals surface area contributed by atoms with Gasteiger partial charge >= 0.3 is 0 Å². The number of aromatic nitrogens is 1. The molecule has 1 aromatic carbocycles. The van der Waals surface area contributed by atoms with E-state index in [1.807, 2.05) is 29.6 Å². The number of hydrogen-bond donors (Lipinski definition) is 3. The van der Waals surface area contributed by atoms with Crippen LogP contribution in [0.3, 0.4) is 0 Å². The average Bonchev–Trinajstić information content (AvgIpc) is 2.94. The predicted octanol–water partition coefficient (Wildman–Crippen LogP) is 3.06. The number of rotatable bonds is 2. The lowest BCUT2D eigenvalue weighted by Crippen LogP contribution is -1.95. The first kappa shape index (κ1) is 10.4. The maximum atomic E-state index is 9.76. The van der Waals surface area contributed by atoms with Gasteiger partial charge in [-0.1, -0.05) is 12.1 Å². The number of nitrogens with one attached hydrogen (secondary N) is 1. The van der Waals surface area contributed by atoms with E-state index < -0.39 is 0 Å². The number of H-pyrrole nitrogens is 1. The lowest BCUT2D eigenvalue weighted by molar-refractivity contribution is 0.480. The molecular formula is C13H12N2OS. The first-order valence-corrected chi connectivity index (χ1v) is 6.25. The molecule has 4 N–H and O–H groups in total. The normalized spacial score (nSPS) is 11.1. The Bertz CT molecular complexity index is 669. The van der Waals surface area contributed by atoms with E-state index in [1.54, 1.807) is 17.4 Å². The van der Waals surface area contributed by atoms with E-state index in [1.165, 1.54) is 0 Å². The SMILES string of the molecule is NCc1ccsc1-c1cc2cccc(O)c2[nH]1. The van der Waals surface area contributed by atoms with Gasteiger partial charge in [0.25, 0.3) is 0 Å². The Kier molecular flexibility index (Phi) is 2.39. The number of benzene rings is 1. The van der Waals surface area contributed by atoms with Crippen LogP contribution in [0.4, 0.5) is 0 Å². The second-order valence-corrected chi connectivity index (χ2v) is 4.82. The summed E-state index contributed by atoms with van der Waals surface area (Å²) < 4.78 is 0. The molecule has 0 bridgehead atoms. The Morgan fingerprint density at radius 2 is 2.18 bits per heavy atom. The fourth-order valence-electron chi connectivity index (χ4n) is 2.00. The van der Waals surface area contributed by atoms with Crippen LogP contribution in [0.25, 0.3) is 21.5 Å². The molecule has 2 heterocycles. The summed E-state index contributed by atoms with van der Waals surface area (Å²) in [5, 5.41) is 12.8. The zero-order chi connectivity index (χ0) is 11.8. The summed E-state index contributed by atoms with van der Waals surface area (Å²) in [6.07, 6.45) is 0. The molecule has 0 saturated carbocycles. The maximum absolute atomic E-state index is 9.76. The number of nitrogens with two attached hydrogens (primary N) is 1. The fraction of sp³-hybridized carbons (Fsp3) is 0.0769. The largest absolute Gasteiger partial charge is 0.506 e. The minimum Gasteiger partial charge on any atom is -0.506 e. The number of fused-ring (bicyclic) bond motifs is 1. The van der Waals surface area contributed by atoms with Crippen molar-refractivity contribution in [2.75, 3.05) is 0 Å². The molecule has 0 amide bonds. The Morgan fingerprint density at radius 1 is 1.29 bits per heavy atom. The molecule has 0 atom stereocenters. The van der Waals surface area contributed by atoms with Gasteiger partial charge in [0, 0.05) is 11.9 Å². The molecule has 3 nitrogen and oxygen atoms in total. The first-order chi connectivity index (χ1) is 8.29. The topological polar surface area (TPSA) is 62.0 Å². The highest BCUT2D eigenvalue weighted by Gasteiger charge is 2.10. The summed E-state index contributed by atoms with van der Waals surface area (Å²) in [5.74, 6) is 0.277. The summed E-state index contributed by atoms with van der Waals surface area (Å²) in [6, 6.07) is 9.57. The molecule has 0 unspecified atom stereocenters. The number of aromatic amines is 1. The highest BCUT2D eigenvalue weighted by molar-refractivity contribution is 7.13. The standard InChI is InChI=1S/C13H12N2OS/c14-7-9-4-5-17-13(9)10-6-8-2-1-3-11(16)12(8)15-10/h1-6,15-16H,7,14H2. The number of thiophene rings is 1. The van der Waals surface area contributed by atoms with Crippen molar-refractivity contribution in [2.24, 2.45) is 5.73 Å². The Hall–Kier alpha value is -1.78. The quantitative estimate of drug-likeness (QED) is 0.648. The van der Waals surface area contributed by atoms with Gasteiger partial charge in [-0.3, -0.25) is 0 Å². The van der Waals surface area contributed by atoms with Gasteiger partial charge in [-0.25, -0.2) is 0 Å². The molecule has 3 rings (SSSR count). The van der Waals surface area contributed by atoms with Gasteiger partial charge in [-0.15, -0.1) is 11.3 Å². The van der Waals surface area contributed by atoms with E-state index in [9.17, 15) is 5.11 Å². The third kappa shape index (κ3) is 1.62. The van der Waals surface area contributed by atoms with E-state index >= 15 is 0 Å². The van der Waals surface area contributed by atoms with Gasteiger partial charge in [0.05, 0.1) is 16.1 Å². The van der Waals surface area contributed by atoms with Crippen molar-refractivity contribution in [3.8, 4) is 16.3 Å². The van der Waals surface area contributed by atoms with E-state index in [0.29, 0.717) is 6.54 Å². The molecule has 4 heteroatoms. The number of para-hydroxylation sites is 1. The van der Waals surface area contributed by atoms with Crippen LogP contribution in [-0.2, 0) is 6.54 Å². The molecule has 0 spiro atoms. The predicted molar refractivity (Wildman–Crippen MR) is 71.2 cm³/mol. The minimum atomic E-state index is 0.277.